The summed E-state index contributed by atoms with van der Waals surface area (Å²) in [5.74, 6) is 0. The third-order valence-electron chi connectivity index (χ3n) is 3.16. The number of unbranched alkanes of at least 4 members (excludes halogenated alkanes) is 8. The van der Waals surface area contributed by atoms with Gasteiger partial charge in [0.15, 0.2) is 0 Å². The molecule has 0 amide bonds. The van der Waals surface area contributed by atoms with E-state index in [0.29, 0.717) is 0 Å². The van der Waals surface area contributed by atoms with Crippen LogP contribution < -0.4 is 5.32 Å². The lowest BCUT2D eigenvalue weighted by Crippen LogP contribution is -2.16. The number of rotatable bonds is 13. The van der Waals surface area contributed by atoms with Gasteiger partial charge in [-0.15, -0.1) is 0 Å². The van der Waals surface area contributed by atoms with Gasteiger partial charge in [0.25, 0.3) is 0 Å². The Labute approximate surface area is 106 Å². The van der Waals surface area contributed by atoms with E-state index in [1.54, 1.807) is 0 Å². The second kappa shape index (κ2) is 15.2. The van der Waals surface area contributed by atoms with Crippen molar-refractivity contribution < 1.29 is 0 Å². The first-order chi connectivity index (χ1) is 7.91. The number of hydrogen-bond donors (Lipinski definition) is 1. The van der Waals surface area contributed by atoms with Crippen LogP contribution in [-0.2, 0) is 0 Å². The normalized spacial score (nSPS) is 11.1. The van der Waals surface area contributed by atoms with Gasteiger partial charge in [-0.2, -0.15) is 0 Å². The predicted octanol–water partition coefficient (Wildman–Crippen LogP) is 3.28. The molecule has 16 heavy (non-hydrogen) atoms. The molecule has 98 valence electrons. The van der Waals surface area contributed by atoms with Crippen molar-refractivity contribution in [3.8, 4) is 0 Å². The molecule has 0 radical (unpaired) electrons. The maximum absolute atomic E-state index is 3.53. The summed E-state index contributed by atoms with van der Waals surface area (Å²) in [6, 6.07) is 1.45. The molecule has 0 saturated carbocycles. The van der Waals surface area contributed by atoms with Gasteiger partial charge in [0.1, 0.15) is 0 Å². The molecule has 0 unspecified atom stereocenters. The van der Waals surface area contributed by atoms with Gasteiger partial charge in [-0.05, 0) is 25.9 Å². The van der Waals surface area contributed by atoms with Gasteiger partial charge in [-0.1, -0.05) is 64.3 Å². The molecule has 0 aliphatic carbocycles. The average molecular weight is 244 g/mol. The van der Waals surface area contributed by atoms with Crippen molar-refractivity contribution in [2.45, 2.75) is 77.2 Å². The van der Waals surface area contributed by atoms with Crippen molar-refractivity contribution in [1.29, 1.82) is 0 Å². The Morgan fingerprint density at radius 1 is 0.688 bits per heavy atom. The van der Waals surface area contributed by atoms with Gasteiger partial charge in [-0.25, -0.2) is 0 Å². The molecule has 0 heterocycles. The molecule has 1 nitrogen and oxygen atoms in total. The van der Waals surface area contributed by atoms with Crippen LogP contribution in [0.2, 0.25) is 6.04 Å². The third-order valence-corrected chi connectivity index (χ3v) is 3.87. The summed E-state index contributed by atoms with van der Waals surface area (Å²) in [6.45, 7) is 4.78. The zero-order chi connectivity index (χ0) is 11.9. The molecule has 0 rings (SSSR count). The van der Waals surface area contributed by atoms with Gasteiger partial charge >= 0.3 is 0 Å². The minimum atomic E-state index is 1.25. The number of hydrogen-bond acceptors (Lipinski definition) is 1. The van der Waals surface area contributed by atoms with E-state index in [-0.39, 0.29) is 0 Å². The summed E-state index contributed by atoms with van der Waals surface area (Å²) in [7, 11) is 1.37. The molecule has 0 spiro atoms. The number of nitrogens with one attached hydrogen (secondary N) is 1. The third kappa shape index (κ3) is 14.2. The molecule has 0 aliphatic heterocycles. The van der Waals surface area contributed by atoms with E-state index >= 15 is 0 Å². The van der Waals surface area contributed by atoms with E-state index in [9.17, 15) is 0 Å². The lowest BCUT2D eigenvalue weighted by Gasteiger charge is -2.04. The summed E-state index contributed by atoms with van der Waals surface area (Å²) in [5, 5.41) is 3.53. The van der Waals surface area contributed by atoms with Gasteiger partial charge in [0, 0.05) is 10.2 Å². The maximum Gasteiger partial charge on any atom is 0.00286 e. The van der Waals surface area contributed by atoms with Crippen molar-refractivity contribution in [2.24, 2.45) is 0 Å². The van der Waals surface area contributed by atoms with Gasteiger partial charge in [0.2, 0.25) is 0 Å². The molecule has 0 atom stereocenters. The molecule has 1 N–H and O–H groups in total. The molecule has 0 aromatic heterocycles. The lowest BCUT2D eigenvalue weighted by atomic mass is 10.1. The Bertz CT molecular complexity index is 103. The van der Waals surface area contributed by atoms with Crippen molar-refractivity contribution >= 4 is 10.2 Å². The Morgan fingerprint density at radius 2 is 1.19 bits per heavy atom. The molecular weight excluding hydrogens is 210 g/mol. The molecule has 2 heteroatoms. The van der Waals surface area contributed by atoms with Gasteiger partial charge in [-0.3, -0.25) is 0 Å². The van der Waals surface area contributed by atoms with Crippen molar-refractivity contribution in [3.05, 3.63) is 0 Å². The van der Waals surface area contributed by atoms with E-state index in [2.05, 4.69) is 12.2 Å². The fraction of sp³-hybridized carbons (Fsp3) is 1.00. The van der Waals surface area contributed by atoms with Gasteiger partial charge in [0.05, 0.1) is 0 Å². The monoisotopic (exact) mass is 243 g/mol. The Balaban J connectivity index is 2.83. The van der Waals surface area contributed by atoms with Crippen molar-refractivity contribution in [3.63, 3.8) is 0 Å². The van der Waals surface area contributed by atoms with E-state index in [4.69, 9.17) is 0 Å². The first-order valence-corrected chi connectivity index (χ1v) is 9.04. The van der Waals surface area contributed by atoms with E-state index in [0.717, 1.165) is 0 Å². The standard InChI is InChI=1S/C14H33NSi/c1-2-3-4-5-6-7-8-9-10-12-15-13-11-14-16/h15H,2-14H2,1,16H3. The quantitative estimate of drug-likeness (QED) is 0.387. The molecule has 0 aromatic rings. The van der Waals surface area contributed by atoms with Crippen molar-refractivity contribution in [1.82, 2.24) is 5.32 Å². The molecular formula is C14H33NSi. The Kier molecular flexibility index (Phi) is 15.3. The van der Waals surface area contributed by atoms with Crippen LogP contribution in [0.4, 0.5) is 0 Å². The van der Waals surface area contributed by atoms with Crippen LogP contribution in [0.1, 0.15) is 71.1 Å². The lowest BCUT2D eigenvalue weighted by molar-refractivity contribution is 0.548. The second-order valence-electron chi connectivity index (χ2n) is 4.93. The minimum Gasteiger partial charge on any atom is -0.317 e. The van der Waals surface area contributed by atoms with Crippen LogP contribution >= 0.6 is 0 Å². The largest absolute Gasteiger partial charge is 0.317 e. The van der Waals surface area contributed by atoms with Crippen LogP contribution in [0.25, 0.3) is 0 Å². The van der Waals surface area contributed by atoms with Crippen LogP contribution in [0.5, 0.6) is 0 Å². The molecule has 0 saturated heterocycles. The molecule has 0 aliphatic rings. The second-order valence-corrected chi connectivity index (χ2v) is 5.93. The SMILES string of the molecule is CCCCCCCCCCCNCCC[SiH3]. The van der Waals surface area contributed by atoms with E-state index in [1.807, 2.05) is 0 Å². The van der Waals surface area contributed by atoms with Crippen LogP contribution in [0.3, 0.4) is 0 Å². The highest BCUT2D eigenvalue weighted by Crippen LogP contribution is 2.09. The summed E-state index contributed by atoms with van der Waals surface area (Å²) in [6.07, 6.45) is 14.3. The Morgan fingerprint density at radius 3 is 1.75 bits per heavy atom. The molecule has 0 fully saturated rings. The highest BCUT2D eigenvalue weighted by molar-refractivity contribution is 6.08. The minimum absolute atomic E-state index is 1.25. The predicted molar refractivity (Wildman–Crippen MR) is 79.5 cm³/mol. The highest BCUT2D eigenvalue weighted by Gasteiger charge is 1.92. The summed E-state index contributed by atoms with van der Waals surface area (Å²) in [4.78, 5) is 0. The smallest absolute Gasteiger partial charge is 0.00286 e. The fourth-order valence-electron chi connectivity index (χ4n) is 1.99. The van der Waals surface area contributed by atoms with Crippen LogP contribution in [-0.4, -0.2) is 23.3 Å². The van der Waals surface area contributed by atoms with Crippen LogP contribution in [0.15, 0.2) is 0 Å². The van der Waals surface area contributed by atoms with Gasteiger partial charge < -0.3 is 5.32 Å². The fourth-order valence-corrected chi connectivity index (χ4v) is 2.34. The molecule has 0 aromatic carbocycles. The van der Waals surface area contributed by atoms with Crippen LogP contribution in [0, 0.1) is 0 Å². The molecule has 0 bridgehead atoms. The Hall–Kier alpha value is 0.177. The first-order valence-electron chi connectivity index (χ1n) is 7.62. The topological polar surface area (TPSA) is 12.0 Å². The first kappa shape index (κ1) is 16.2. The van der Waals surface area contributed by atoms with E-state index < -0.39 is 0 Å². The maximum atomic E-state index is 3.53. The highest BCUT2D eigenvalue weighted by atomic mass is 28.1. The zero-order valence-electron chi connectivity index (χ0n) is 11.7. The summed E-state index contributed by atoms with van der Waals surface area (Å²) < 4.78 is 0. The summed E-state index contributed by atoms with van der Waals surface area (Å²) in [5.41, 5.74) is 0. The van der Waals surface area contributed by atoms with Crippen molar-refractivity contribution in [2.75, 3.05) is 13.1 Å². The van der Waals surface area contributed by atoms with E-state index in [1.165, 1.54) is 93.6 Å². The average Bonchev–Trinajstić information content (AvgIpc) is 2.31. The summed E-state index contributed by atoms with van der Waals surface area (Å²) >= 11 is 0. The zero-order valence-corrected chi connectivity index (χ0v) is 13.7.